The number of para-hydroxylation sites is 1. The van der Waals surface area contributed by atoms with Crippen LogP contribution in [0.25, 0.3) is 10.9 Å². The lowest BCUT2D eigenvalue weighted by Gasteiger charge is -2.22. The maximum atomic E-state index is 13.1. The summed E-state index contributed by atoms with van der Waals surface area (Å²) >= 11 is 0. The van der Waals surface area contributed by atoms with E-state index < -0.39 is 0 Å². The first-order chi connectivity index (χ1) is 12.5. The van der Waals surface area contributed by atoms with Gasteiger partial charge in [0.25, 0.3) is 11.8 Å². The molecule has 1 aromatic carbocycles. The Labute approximate surface area is 154 Å². The number of rotatable bonds is 4. The Balaban J connectivity index is 1.73. The third kappa shape index (κ3) is 2.62. The molecule has 1 aromatic heterocycles. The number of fused-ring (bicyclic) bond motifs is 3. The molecule has 1 fully saturated rings. The van der Waals surface area contributed by atoms with Crippen LogP contribution in [-0.2, 0) is 0 Å². The number of carbonyl (C=O) groups excluding carboxylic acids is 2. The Hall–Kier alpha value is -2.27. The third-order valence-electron chi connectivity index (χ3n) is 5.74. The first kappa shape index (κ1) is 17.2. The number of hydrogen-bond acceptors (Lipinski definition) is 4. The largest absolute Gasteiger partial charge is 0.303 e. The van der Waals surface area contributed by atoms with Gasteiger partial charge in [-0.2, -0.15) is 0 Å². The molecule has 5 heteroatoms. The van der Waals surface area contributed by atoms with Crippen LogP contribution >= 0.6 is 0 Å². The molecule has 0 bridgehead atoms. The lowest BCUT2D eigenvalue weighted by atomic mass is 9.97. The van der Waals surface area contributed by atoms with Crippen LogP contribution in [0.5, 0.6) is 0 Å². The predicted octanol–water partition coefficient (Wildman–Crippen LogP) is 3.44. The predicted molar refractivity (Wildman–Crippen MR) is 101 cm³/mol. The number of imide groups is 1. The Morgan fingerprint density at radius 2 is 1.88 bits per heavy atom. The highest BCUT2D eigenvalue weighted by Crippen LogP contribution is 2.34. The van der Waals surface area contributed by atoms with Crippen LogP contribution < -0.4 is 0 Å². The molecule has 1 unspecified atom stereocenters. The highest BCUT2D eigenvalue weighted by atomic mass is 16.2. The van der Waals surface area contributed by atoms with E-state index in [1.165, 1.54) is 11.3 Å². The van der Waals surface area contributed by atoms with Crippen molar-refractivity contribution < 1.29 is 9.59 Å². The number of nitrogens with zero attached hydrogens (tertiary/aromatic N) is 3. The molecule has 0 saturated carbocycles. The number of aromatic nitrogens is 1. The molecule has 0 N–H and O–H groups in total. The van der Waals surface area contributed by atoms with Gasteiger partial charge < -0.3 is 4.90 Å². The topological polar surface area (TPSA) is 53.5 Å². The summed E-state index contributed by atoms with van der Waals surface area (Å²) in [6.45, 7) is 5.61. The second-order valence-electron chi connectivity index (χ2n) is 7.75. The van der Waals surface area contributed by atoms with Crippen molar-refractivity contribution in [2.24, 2.45) is 0 Å². The molecule has 2 amide bonds. The summed E-state index contributed by atoms with van der Waals surface area (Å²) in [5.41, 5.74) is 2.58. The summed E-state index contributed by atoms with van der Waals surface area (Å²) in [6.07, 6.45) is 3.17. The monoisotopic (exact) mass is 351 g/mol. The number of carbonyl (C=O) groups is 2. The van der Waals surface area contributed by atoms with E-state index in [0.717, 1.165) is 36.0 Å². The minimum absolute atomic E-state index is 0.0889. The first-order valence-corrected chi connectivity index (χ1v) is 9.48. The molecule has 1 saturated heterocycles. The number of benzene rings is 1. The fourth-order valence-electron chi connectivity index (χ4n) is 4.27. The van der Waals surface area contributed by atoms with Gasteiger partial charge in [-0.1, -0.05) is 32.0 Å². The number of pyridine rings is 1. The van der Waals surface area contributed by atoms with Crippen molar-refractivity contribution in [2.75, 3.05) is 20.1 Å². The molecule has 2 aliphatic rings. The van der Waals surface area contributed by atoms with E-state index in [1.54, 1.807) is 0 Å². The Bertz CT molecular complexity index is 890. The molecule has 26 heavy (non-hydrogen) atoms. The van der Waals surface area contributed by atoms with Crippen LogP contribution in [0.2, 0.25) is 0 Å². The maximum absolute atomic E-state index is 13.1. The van der Waals surface area contributed by atoms with Crippen LogP contribution in [0, 0.1) is 0 Å². The van der Waals surface area contributed by atoms with E-state index in [0.29, 0.717) is 23.7 Å². The number of hydrogen-bond donors (Lipinski definition) is 0. The molecule has 1 atom stereocenters. The van der Waals surface area contributed by atoms with Gasteiger partial charge in [0.15, 0.2) is 0 Å². The minimum Gasteiger partial charge on any atom is -0.303 e. The van der Waals surface area contributed by atoms with Gasteiger partial charge in [0, 0.05) is 18.0 Å². The zero-order valence-corrected chi connectivity index (χ0v) is 15.7. The van der Waals surface area contributed by atoms with Gasteiger partial charge in [0.2, 0.25) is 0 Å². The SMILES string of the molecule is CC(C)c1nc2ccccc2c2c1C(=O)N(CCC1CCCN1C)C2=O. The standard InChI is InChI=1S/C21H25N3O2/c1-13(2)19-18-17(15-8-4-5-9-16(15)22-19)20(25)24(21(18)26)12-10-14-7-6-11-23(14)3/h4-5,8-9,13-14H,6-7,10-12H2,1-3H3. The minimum atomic E-state index is -0.174. The second-order valence-corrected chi connectivity index (χ2v) is 7.75. The molecule has 0 aliphatic carbocycles. The van der Waals surface area contributed by atoms with Crippen molar-refractivity contribution in [2.45, 2.75) is 45.1 Å². The summed E-state index contributed by atoms with van der Waals surface area (Å²) in [5, 5.41) is 0.783. The number of likely N-dealkylation sites (tertiary alicyclic amines) is 1. The van der Waals surface area contributed by atoms with Crippen molar-refractivity contribution in [1.29, 1.82) is 0 Å². The number of amides is 2. The molecular formula is C21H25N3O2. The molecular weight excluding hydrogens is 326 g/mol. The van der Waals surface area contributed by atoms with Crippen molar-refractivity contribution in [3.8, 4) is 0 Å². The van der Waals surface area contributed by atoms with Gasteiger partial charge in [-0.3, -0.25) is 19.5 Å². The average molecular weight is 351 g/mol. The van der Waals surface area contributed by atoms with E-state index in [-0.39, 0.29) is 17.7 Å². The zero-order valence-electron chi connectivity index (χ0n) is 15.7. The summed E-state index contributed by atoms with van der Waals surface area (Å²) < 4.78 is 0. The van der Waals surface area contributed by atoms with Crippen LogP contribution in [0.1, 0.15) is 65.4 Å². The van der Waals surface area contributed by atoms with Crippen molar-refractivity contribution in [1.82, 2.24) is 14.8 Å². The van der Waals surface area contributed by atoms with Gasteiger partial charge in [0.05, 0.1) is 22.3 Å². The zero-order chi connectivity index (χ0) is 18.4. The van der Waals surface area contributed by atoms with Crippen LogP contribution in [0.4, 0.5) is 0 Å². The van der Waals surface area contributed by atoms with Gasteiger partial charge in [0.1, 0.15) is 0 Å². The van der Waals surface area contributed by atoms with Crippen molar-refractivity contribution in [3.05, 3.63) is 41.1 Å². The van der Waals surface area contributed by atoms with Crippen LogP contribution in [0.3, 0.4) is 0 Å². The van der Waals surface area contributed by atoms with Gasteiger partial charge >= 0.3 is 0 Å². The normalized spacial score (nSPS) is 20.6. The molecule has 0 spiro atoms. The molecule has 0 radical (unpaired) electrons. The summed E-state index contributed by atoms with van der Waals surface area (Å²) in [4.78, 5) is 34.7. The second kappa shape index (κ2) is 6.47. The van der Waals surface area contributed by atoms with E-state index >= 15 is 0 Å². The summed E-state index contributed by atoms with van der Waals surface area (Å²) in [6, 6.07) is 8.08. The molecule has 4 rings (SSSR count). The highest BCUT2D eigenvalue weighted by molar-refractivity contribution is 6.26. The van der Waals surface area contributed by atoms with Crippen molar-refractivity contribution >= 4 is 22.7 Å². The molecule has 2 aromatic rings. The lowest BCUT2D eigenvalue weighted by Crippen LogP contribution is -2.35. The first-order valence-electron chi connectivity index (χ1n) is 9.48. The van der Waals surface area contributed by atoms with Crippen molar-refractivity contribution in [3.63, 3.8) is 0 Å². The quantitative estimate of drug-likeness (QED) is 0.792. The third-order valence-corrected chi connectivity index (χ3v) is 5.74. The average Bonchev–Trinajstić information content (AvgIpc) is 3.14. The fourth-order valence-corrected chi connectivity index (χ4v) is 4.27. The Morgan fingerprint density at radius 1 is 1.15 bits per heavy atom. The summed E-state index contributed by atoms with van der Waals surface area (Å²) in [7, 11) is 2.12. The molecule has 3 heterocycles. The van der Waals surface area contributed by atoms with Gasteiger partial charge in [-0.05, 0) is 44.8 Å². The van der Waals surface area contributed by atoms with Crippen LogP contribution in [0.15, 0.2) is 24.3 Å². The van der Waals surface area contributed by atoms with E-state index in [4.69, 9.17) is 4.98 Å². The van der Waals surface area contributed by atoms with Gasteiger partial charge in [-0.25, -0.2) is 0 Å². The Kier molecular flexibility index (Phi) is 4.27. The summed E-state index contributed by atoms with van der Waals surface area (Å²) in [5.74, 6) is -0.246. The van der Waals surface area contributed by atoms with Crippen LogP contribution in [-0.4, -0.2) is 52.8 Å². The smallest absolute Gasteiger partial charge is 0.263 e. The van der Waals surface area contributed by atoms with E-state index in [9.17, 15) is 9.59 Å². The maximum Gasteiger partial charge on any atom is 0.263 e. The molecule has 2 aliphatic heterocycles. The molecule has 5 nitrogen and oxygen atoms in total. The highest BCUT2D eigenvalue weighted by Gasteiger charge is 2.40. The fraction of sp³-hybridized carbons (Fsp3) is 0.476. The molecule has 136 valence electrons. The lowest BCUT2D eigenvalue weighted by molar-refractivity contribution is 0.0642. The van der Waals surface area contributed by atoms with E-state index in [1.807, 2.05) is 38.1 Å². The Morgan fingerprint density at radius 3 is 2.58 bits per heavy atom. The van der Waals surface area contributed by atoms with E-state index in [2.05, 4.69) is 11.9 Å². The van der Waals surface area contributed by atoms with Gasteiger partial charge in [-0.15, -0.1) is 0 Å².